The van der Waals surface area contributed by atoms with Crippen molar-refractivity contribution in [2.24, 2.45) is 9.98 Å². The lowest BCUT2D eigenvalue weighted by Crippen LogP contribution is -2.23. The first-order chi connectivity index (χ1) is 5.74. The molecule has 1 rings (SSSR count). The molecule has 1 aliphatic rings. The fraction of sp³-hybridized carbons (Fsp3) is 0.625. The molecule has 0 fully saturated rings. The van der Waals surface area contributed by atoms with Crippen molar-refractivity contribution in [1.82, 2.24) is 0 Å². The Bertz CT molecular complexity index is 233. The van der Waals surface area contributed by atoms with Crippen LogP contribution >= 0.6 is 0 Å². The summed E-state index contributed by atoms with van der Waals surface area (Å²) in [6.45, 7) is 4.10. The first-order valence-electron chi connectivity index (χ1n) is 3.99. The molecule has 4 heteroatoms. The number of carbonyl (C=O) groups excluding carboxylic acids is 1. The van der Waals surface area contributed by atoms with Gasteiger partial charge in [-0.3, -0.25) is 4.99 Å². The Morgan fingerprint density at radius 3 is 3.17 bits per heavy atom. The first kappa shape index (κ1) is 8.90. The third-order valence-corrected chi connectivity index (χ3v) is 1.53. The molecule has 0 aromatic carbocycles. The van der Waals surface area contributed by atoms with Crippen LogP contribution < -0.4 is 0 Å². The van der Waals surface area contributed by atoms with Crippen LogP contribution in [-0.2, 0) is 9.53 Å². The van der Waals surface area contributed by atoms with E-state index in [2.05, 4.69) is 9.98 Å². The quantitative estimate of drug-likeness (QED) is 0.573. The van der Waals surface area contributed by atoms with Gasteiger partial charge in [0, 0.05) is 6.42 Å². The van der Waals surface area contributed by atoms with Crippen LogP contribution in [0.15, 0.2) is 9.98 Å². The Kier molecular flexibility index (Phi) is 2.96. The van der Waals surface area contributed by atoms with E-state index in [1.54, 1.807) is 6.92 Å². The van der Waals surface area contributed by atoms with Gasteiger partial charge in [0.05, 0.1) is 12.6 Å². The van der Waals surface area contributed by atoms with Crippen molar-refractivity contribution in [3.63, 3.8) is 0 Å². The highest BCUT2D eigenvalue weighted by Gasteiger charge is 2.17. The standard InChI is InChI=1S/C8H12N2O2/c1-3-12-8(11)7-4-6(2)9-5-10-7/h5-6H,3-4H2,1-2H3. The third-order valence-electron chi connectivity index (χ3n) is 1.53. The molecule has 0 aliphatic carbocycles. The maximum atomic E-state index is 11.1. The van der Waals surface area contributed by atoms with E-state index in [0.29, 0.717) is 18.7 Å². The van der Waals surface area contributed by atoms with Gasteiger partial charge in [0.25, 0.3) is 0 Å². The van der Waals surface area contributed by atoms with E-state index >= 15 is 0 Å². The van der Waals surface area contributed by atoms with Gasteiger partial charge in [-0.05, 0) is 13.8 Å². The molecule has 0 amide bonds. The lowest BCUT2D eigenvalue weighted by molar-refractivity contribution is -0.135. The first-order valence-corrected chi connectivity index (χ1v) is 3.99. The molecule has 0 aromatic rings. The number of aliphatic imine (C=N–C) groups is 2. The predicted molar refractivity (Wildman–Crippen MR) is 46.6 cm³/mol. The molecular formula is C8H12N2O2. The summed E-state index contributed by atoms with van der Waals surface area (Å²) in [5, 5.41) is 0. The minimum absolute atomic E-state index is 0.141. The summed E-state index contributed by atoms with van der Waals surface area (Å²) in [5.74, 6) is -0.324. The highest BCUT2D eigenvalue weighted by Crippen LogP contribution is 2.04. The van der Waals surface area contributed by atoms with Gasteiger partial charge < -0.3 is 4.74 Å². The maximum absolute atomic E-state index is 11.1. The van der Waals surface area contributed by atoms with Crippen molar-refractivity contribution in [3.8, 4) is 0 Å². The highest BCUT2D eigenvalue weighted by atomic mass is 16.5. The number of hydrogen-bond acceptors (Lipinski definition) is 4. The topological polar surface area (TPSA) is 51.0 Å². The van der Waals surface area contributed by atoms with E-state index in [9.17, 15) is 4.79 Å². The van der Waals surface area contributed by atoms with Crippen LogP contribution in [0.5, 0.6) is 0 Å². The van der Waals surface area contributed by atoms with Gasteiger partial charge in [-0.1, -0.05) is 0 Å². The second-order valence-corrected chi connectivity index (χ2v) is 2.61. The van der Waals surface area contributed by atoms with E-state index in [0.717, 1.165) is 0 Å². The van der Waals surface area contributed by atoms with Crippen LogP contribution in [0, 0.1) is 0 Å². The molecule has 66 valence electrons. The second kappa shape index (κ2) is 3.99. The third kappa shape index (κ3) is 2.15. The largest absolute Gasteiger partial charge is 0.462 e. The molecule has 0 radical (unpaired) electrons. The molecule has 0 bridgehead atoms. The van der Waals surface area contributed by atoms with E-state index in [1.165, 1.54) is 6.34 Å². The smallest absolute Gasteiger partial charge is 0.352 e. The van der Waals surface area contributed by atoms with Crippen LogP contribution in [-0.4, -0.2) is 30.7 Å². The van der Waals surface area contributed by atoms with E-state index in [1.807, 2.05) is 6.92 Å². The molecule has 0 N–H and O–H groups in total. The molecule has 1 aliphatic heterocycles. The number of hydrogen-bond donors (Lipinski definition) is 0. The molecule has 1 unspecified atom stereocenters. The zero-order valence-corrected chi connectivity index (χ0v) is 7.28. The molecule has 0 aromatic heterocycles. The van der Waals surface area contributed by atoms with Crippen molar-refractivity contribution in [1.29, 1.82) is 0 Å². The van der Waals surface area contributed by atoms with Crippen LogP contribution in [0.4, 0.5) is 0 Å². The number of esters is 1. The maximum Gasteiger partial charge on any atom is 0.352 e. The molecule has 0 saturated heterocycles. The Balaban J connectivity index is 2.57. The van der Waals surface area contributed by atoms with Gasteiger partial charge in [-0.25, -0.2) is 9.79 Å². The number of carbonyl (C=O) groups is 1. The van der Waals surface area contributed by atoms with Gasteiger partial charge in [-0.2, -0.15) is 0 Å². The molecule has 1 heterocycles. The highest BCUT2D eigenvalue weighted by molar-refractivity contribution is 6.38. The Morgan fingerprint density at radius 1 is 1.83 bits per heavy atom. The normalized spacial score (nSPS) is 21.8. The minimum atomic E-state index is -0.324. The van der Waals surface area contributed by atoms with Crippen molar-refractivity contribution < 1.29 is 9.53 Å². The van der Waals surface area contributed by atoms with Gasteiger partial charge >= 0.3 is 5.97 Å². The van der Waals surface area contributed by atoms with Gasteiger partial charge in [0.1, 0.15) is 12.1 Å². The van der Waals surface area contributed by atoms with Crippen molar-refractivity contribution in [2.75, 3.05) is 6.61 Å². The number of ether oxygens (including phenoxy) is 1. The number of rotatable bonds is 2. The second-order valence-electron chi connectivity index (χ2n) is 2.61. The van der Waals surface area contributed by atoms with Crippen molar-refractivity contribution in [2.45, 2.75) is 26.3 Å². The fourth-order valence-corrected chi connectivity index (χ4v) is 0.952. The van der Waals surface area contributed by atoms with Crippen molar-refractivity contribution >= 4 is 18.0 Å². The SMILES string of the molecule is CCOC(=O)C1=NC=NC(C)C1. The average molecular weight is 168 g/mol. The van der Waals surface area contributed by atoms with Gasteiger partial charge in [0.15, 0.2) is 0 Å². The molecule has 0 saturated carbocycles. The monoisotopic (exact) mass is 168 g/mol. The Hall–Kier alpha value is -1.19. The Morgan fingerprint density at radius 2 is 2.58 bits per heavy atom. The number of nitrogens with zero attached hydrogens (tertiary/aromatic N) is 2. The van der Waals surface area contributed by atoms with Crippen LogP contribution in [0.2, 0.25) is 0 Å². The summed E-state index contributed by atoms with van der Waals surface area (Å²) in [6.07, 6.45) is 2.00. The zero-order chi connectivity index (χ0) is 8.97. The van der Waals surface area contributed by atoms with E-state index in [-0.39, 0.29) is 12.0 Å². The molecule has 1 atom stereocenters. The fourth-order valence-electron chi connectivity index (χ4n) is 0.952. The van der Waals surface area contributed by atoms with Crippen LogP contribution in [0.1, 0.15) is 20.3 Å². The lowest BCUT2D eigenvalue weighted by Gasteiger charge is -2.10. The predicted octanol–water partition coefficient (Wildman–Crippen LogP) is 0.811. The summed E-state index contributed by atoms with van der Waals surface area (Å²) >= 11 is 0. The van der Waals surface area contributed by atoms with E-state index in [4.69, 9.17) is 4.74 Å². The summed E-state index contributed by atoms with van der Waals surface area (Å²) in [4.78, 5) is 19.0. The minimum Gasteiger partial charge on any atom is -0.462 e. The van der Waals surface area contributed by atoms with Gasteiger partial charge in [-0.15, -0.1) is 0 Å². The molecule has 4 nitrogen and oxygen atoms in total. The average Bonchev–Trinajstić information content (AvgIpc) is 2.05. The van der Waals surface area contributed by atoms with Crippen LogP contribution in [0.25, 0.3) is 0 Å². The molecule has 12 heavy (non-hydrogen) atoms. The molecular weight excluding hydrogens is 156 g/mol. The summed E-state index contributed by atoms with van der Waals surface area (Å²) in [5.41, 5.74) is 0.472. The lowest BCUT2D eigenvalue weighted by atomic mass is 10.1. The van der Waals surface area contributed by atoms with Gasteiger partial charge in [0.2, 0.25) is 0 Å². The Labute approximate surface area is 71.4 Å². The summed E-state index contributed by atoms with van der Waals surface area (Å²) < 4.78 is 4.80. The van der Waals surface area contributed by atoms with E-state index < -0.39 is 0 Å². The summed E-state index contributed by atoms with van der Waals surface area (Å²) in [7, 11) is 0. The zero-order valence-electron chi connectivity index (χ0n) is 7.28. The van der Waals surface area contributed by atoms with Crippen LogP contribution in [0.3, 0.4) is 0 Å². The molecule has 0 spiro atoms. The summed E-state index contributed by atoms with van der Waals surface area (Å²) in [6, 6.07) is 0.141. The van der Waals surface area contributed by atoms with Crippen molar-refractivity contribution in [3.05, 3.63) is 0 Å².